The highest BCUT2D eigenvalue weighted by Crippen LogP contribution is 2.42. The van der Waals surface area contributed by atoms with Crippen molar-refractivity contribution in [2.24, 2.45) is 5.92 Å². The minimum atomic E-state index is 0.302. The molecule has 0 saturated heterocycles. The second-order valence-corrected chi connectivity index (χ2v) is 11.8. The molecular weight excluding hydrogens is 532 g/mol. The van der Waals surface area contributed by atoms with Crippen molar-refractivity contribution in [3.63, 3.8) is 0 Å². The van der Waals surface area contributed by atoms with Crippen molar-refractivity contribution in [3.8, 4) is 27.9 Å². The molecule has 2 atom stereocenters. The van der Waals surface area contributed by atoms with Gasteiger partial charge in [0.05, 0.1) is 11.0 Å². The van der Waals surface area contributed by atoms with Crippen LogP contribution in [0.2, 0.25) is 0 Å². The monoisotopic (exact) mass is 570 g/mol. The van der Waals surface area contributed by atoms with Gasteiger partial charge in [0, 0.05) is 39.4 Å². The maximum absolute atomic E-state index is 2.56. The van der Waals surface area contributed by atoms with E-state index in [4.69, 9.17) is 0 Å². The van der Waals surface area contributed by atoms with Crippen LogP contribution in [-0.2, 0) is 0 Å². The molecule has 0 spiro atoms. The lowest BCUT2D eigenvalue weighted by molar-refractivity contribution is 0.463. The Kier molecular flexibility index (Phi) is 7.50. The van der Waals surface area contributed by atoms with Gasteiger partial charge in [-0.1, -0.05) is 129 Å². The second-order valence-electron chi connectivity index (χ2n) is 11.8. The highest BCUT2D eigenvalue weighted by molar-refractivity contribution is 6.15. The molecular formula is C42H38N2. The number of para-hydroxylation sites is 3. The van der Waals surface area contributed by atoms with E-state index in [9.17, 15) is 0 Å². The van der Waals surface area contributed by atoms with Crippen molar-refractivity contribution in [3.05, 3.63) is 152 Å². The zero-order chi connectivity index (χ0) is 30.0. The summed E-state index contributed by atoms with van der Waals surface area (Å²) in [5.74, 6) is 0.509. The largest absolute Gasteiger partial charge is 0.338 e. The van der Waals surface area contributed by atoms with Gasteiger partial charge in [-0.3, -0.25) is 0 Å². The number of aromatic nitrogens is 1. The SMILES string of the molecule is CCC(C)[C@H](C)N(c1cccc(-c2cccc3c2c2ccccc2n3-c2ccccc2)c1)c1ccccc1-c1ccccc1. The van der Waals surface area contributed by atoms with Gasteiger partial charge in [0.15, 0.2) is 0 Å². The predicted molar refractivity (Wildman–Crippen MR) is 189 cm³/mol. The molecule has 0 aliphatic rings. The van der Waals surface area contributed by atoms with Gasteiger partial charge in [-0.2, -0.15) is 0 Å². The van der Waals surface area contributed by atoms with E-state index >= 15 is 0 Å². The fourth-order valence-electron chi connectivity index (χ4n) is 6.67. The number of rotatable bonds is 8. The van der Waals surface area contributed by atoms with E-state index in [0.717, 1.165) is 6.42 Å². The average Bonchev–Trinajstić information content (AvgIpc) is 3.44. The fourth-order valence-corrected chi connectivity index (χ4v) is 6.67. The lowest BCUT2D eigenvalue weighted by Gasteiger charge is -2.36. The lowest BCUT2D eigenvalue weighted by atomic mass is 9.94. The minimum Gasteiger partial charge on any atom is -0.338 e. The summed E-state index contributed by atoms with van der Waals surface area (Å²) in [6, 6.07) is 55.3. The van der Waals surface area contributed by atoms with Crippen LogP contribution >= 0.6 is 0 Å². The smallest absolute Gasteiger partial charge is 0.0547 e. The van der Waals surface area contributed by atoms with Gasteiger partial charge in [0.1, 0.15) is 0 Å². The first kappa shape index (κ1) is 27.7. The number of fused-ring (bicyclic) bond motifs is 3. The van der Waals surface area contributed by atoms with Gasteiger partial charge in [-0.25, -0.2) is 0 Å². The first-order valence-corrected chi connectivity index (χ1v) is 15.8. The Morgan fingerprint density at radius 3 is 1.98 bits per heavy atom. The third kappa shape index (κ3) is 4.87. The second kappa shape index (κ2) is 11.9. The molecule has 0 N–H and O–H groups in total. The van der Waals surface area contributed by atoms with Gasteiger partial charge in [0.2, 0.25) is 0 Å². The molecule has 1 aromatic heterocycles. The van der Waals surface area contributed by atoms with Crippen LogP contribution in [0.4, 0.5) is 11.4 Å². The van der Waals surface area contributed by atoms with Crippen molar-refractivity contribution in [2.45, 2.75) is 33.2 Å². The van der Waals surface area contributed by atoms with Crippen molar-refractivity contribution in [1.29, 1.82) is 0 Å². The third-order valence-corrected chi connectivity index (χ3v) is 9.27. The summed E-state index contributed by atoms with van der Waals surface area (Å²) >= 11 is 0. The Bertz CT molecular complexity index is 2040. The van der Waals surface area contributed by atoms with Gasteiger partial charge in [-0.05, 0) is 72.0 Å². The molecule has 0 aliphatic heterocycles. The zero-order valence-corrected chi connectivity index (χ0v) is 25.7. The summed E-state index contributed by atoms with van der Waals surface area (Å²) in [4.78, 5) is 2.56. The summed E-state index contributed by atoms with van der Waals surface area (Å²) in [6.07, 6.45) is 1.11. The van der Waals surface area contributed by atoms with Crippen LogP contribution in [-0.4, -0.2) is 10.6 Å². The van der Waals surface area contributed by atoms with E-state index in [2.05, 4.69) is 182 Å². The van der Waals surface area contributed by atoms with Crippen LogP contribution in [0, 0.1) is 5.92 Å². The molecule has 2 nitrogen and oxygen atoms in total. The molecule has 7 aromatic rings. The van der Waals surface area contributed by atoms with E-state index < -0.39 is 0 Å². The van der Waals surface area contributed by atoms with Gasteiger partial charge < -0.3 is 9.47 Å². The molecule has 1 unspecified atom stereocenters. The molecule has 6 aromatic carbocycles. The Hall–Kier alpha value is -5.08. The molecule has 2 heteroatoms. The van der Waals surface area contributed by atoms with Crippen LogP contribution in [0.15, 0.2) is 152 Å². The van der Waals surface area contributed by atoms with E-state index in [1.165, 1.54) is 61.1 Å². The van der Waals surface area contributed by atoms with Crippen molar-refractivity contribution in [1.82, 2.24) is 4.57 Å². The summed E-state index contributed by atoms with van der Waals surface area (Å²) in [5.41, 5.74) is 11.0. The number of hydrogen-bond donors (Lipinski definition) is 0. The van der Waals surface area contributed by atoms with Crippen molar-refractivity contribution >= 4 is 33.2 Å². The van der Waals surface area contributed by atoms with E-state index in [0.29, 0.717) is 12.0 Å². The van der Waals surface area contributed by atoms with E-state index in [-0.39, 0.29) is 0 Å². The maximum Gasteiger partial charge on any atom is 0.0547 e. The lowest BCUT2D eigenvalue weighted by Crippen LogP contribution is -2.34. The molecule has 44 heavy (non-hydrogen) atoms. The molecule has 0 bridgehead atoms. The van der Waals surface area contributed by atoms with Crippen LogP contribution < -0.4 is 4.90 Å². The molecule has 0 fully saturated rings. The highest BCUT2D eigenvalue weighted by Gasteiger charge is 2.24. The first-order valence-electron chi connectivity index (χ1n) is 15.8. The molecule has 0 saturated carbocycles. The highest BCUT2D eigenvalue weighted by atomic mass is 15.2. The number of nitrogens with zero attached hydrogens (tertiary/aromatic N) is 2. The standard InChI is InChI=1S/C42H38N2/c1-4-30(2)31(3)43(39-26-13-11-23-36(39)32-17-7-5-8-18-32)35-22-15-19-33(29-35)37-25-16-28-41-42(37)38-24-12-14-27-40(38)44(41)34-20-9-6-10-21-34/h5-31H,4H2,1-3H3/t30?,31-/m0/s1. The van der Waals surface area contributed by atoms with E-state index in [1.54, 1.807) is 0 Å². The predicted octanol–water partition coefficient (Wildman–Crippen LogP) is 11.7. The summed E-state index contributed by atoms with van der Waals surface area (Å²) < 4.78 is 2.39. The first-order chi connectivity index (χ1) is 21.7. The van der Waals surface area contributed by atoms with Crippen LogP contribution in [0.25, 0.3) is 49.7 Å². The van der Waals surface area contributed by atoms with Crippen LogP contribution in [0.5, 0.6) is 0 Å². The van der Waals surface area contributed by atoms with Gasteiger partial charge in [0.25, 0.3) is 0 Å². The van der Waals surface area contributed by atoms with Gasteiger partial charge in [-0.15, -0.1) is 0 Å². The molecule has 0 radical (unpaired) electrons. The quantitative estimate of drug-likeness (QED) is 0.176. The average molecular weight is 571 g/mol. The Morgan fingerprint density at radius 2 is 1.18 bits per heavy atom. The molecule has 0 aliphatic carbocycles. The number of hydrogen-bond acceptors (Lipinski definition) is 1. The fraction of sp³-hybridized carbons (Fsp3) is 0.143. The normalized spacial score (nSPS) is 12.8. The number of anilines is 2. The summed E-state index contributed by atoms with van der Waals surface area (Å²) in [6.45, 7) is 7.03. The zero-order valence-electron chi connectivity index (χ0n) is 25.7. The molecule has 216 valence electrons. The minimum absolute atomic E-state index is 0.302. The third-order valence-electron chi connectivity index (χ3n) is 9.27. The summed E-state index contributed by atoms with van der Waals surface area (Å²) in [5, 5.41) is 2.56. The van der Waals surface area contributed by atoms with Crippen molar-refractivity contribution < 1.29 is 0 Å². The Balaban J connectivity index is 1.44. The number of benzene rings is 6. The van der Waals surface area contributed by atoms with Gasteiger partial charge >= 0.3 is 0 Å². The molecule has 0 amide bonds. The maximum atomic E-state index is 2.56. The molecule has 7 rings (SSSR count). The van der Waals surface area contributed by atoms with Crippen LogP contribution in [0.3, 0.4) is 0 Å². The Labute approximate surface area is 260 Å². The summed E-state index contributed by atoms with van der Waals surface area (Å²) in [7, 11) is 0. The molecule has 1 heterocycles. The van der Waals surface area contributed by atoms with E-state index in [1.807, 2.05) is 0 Å². The van der Waals surface area contributed by atoms with Crippen molar-refractivity contribution in [2.75, 3.05) is 4.90 Å². The Morgan fingerprint density at radius 1 is 0.568 bits per heavy atom. The van der Waals surface area contributed by atoms with Crippen LogP contribution in [0.1, 0.15) is 27.2 Å². The topological polar surface area (TPSA) is 8.17 Å².